The number of benzene rings is 2. The number of aliphatic carboxylic acids is 1. The van der Waals surface area contributed by atoms with Crippen LogP contribution in [0.5, 0.6) is 5.75 Å². The molecule has 7 nitrogen and oxygen atoms in total. The van der Waals surface area contributed by atoms with Crippen LogP contribution in [0.15, 0.2) is 65.8 Å². The van der Waals surface area contributed by atoms with Gasteiger partial charge >= 0.3 is 5.97 Å². The first-order chi connectivity index (χ1) is 15.2. The van der Waals surface area contributed by atoms with Gasteiger partial charge in [0, 0.05) is 24.5 Å². The zero-order valence-electron chi connectivity index (χ0n) is 17.0. The molecule has 31 heavy (non-hydrogen) atoms. The number of carbonyl (C=O) groups is 1. The zero-order chi connectivity index (χ0) is 21.5. The summed E-state index contributed by atoms with van der Waals surface area (Å²) in [6.45, 7) is 1.69. The number of carboxylic acid groups (broad SMARTS) is 1. The Labute approximate surface area is 180 Å². The first-order valence-corrected chi connectivity index (χ1v) is 10.3. The highest BCUT2D eigenvalue weighted by atomic mass is 16.6. The lowest BCUT2D eigenvalue weighted by Crippen LogP contribution is -2.23. The van der Waals surface area contributed by atoms with Crippen molar-refractivity contribution in [2.75, 3.05) is 13.2 Å². The molecule has 1 aromatic heterocycles. The molecule has 0 radical (unpaired) electrons. The quantitative estimate of drug-likeness (QED) is 0.430. The highest BCUT2D eigenvalue weighted by Gasteiger charge is 2.27. The molecule has 2 heterocycles. The number of oxime groups is 1. The molecule has 0 amide bonds. The van der Waals surface area contributed by atoms with Crippen LogP contribution >= 0.6 is 0 Å². The minimum atomic E-state index is -1.14. The lowest BCUT2D eigenvalue weighted by atomic mass is 9.89. The normalized spacial score (nSPS) is 15.7. The summed E-state index contributed by atoms with van der Waals surface area (Å²) in [5, 5.41) is 13.5. The van der Waals surface area contributed by atoms with E-state index >= 15 is 0 Å². The monoisotopic (exact) mass is 420 g/mol. The van der Waals surface area contributed by atoms with Crippen molar-refractivity contribution in [3.63, 3.8) is 0 Å². The van der Waals surface area contributed by atoms with E-state index in [1.54, 1.807) is 0 Å². The van der Waals surface area contributed by atoms with Crippen LogP contribution in [0.4, 0.5) is 0 Å². The van der Waals surface area contributed by atoms with Crippen LogP contribution in [0.25, 0.3) is 10.9 Å². The van der Waals surface area contributed by atoms with E-state index in [-0.39, 0.29) is 12.0 Å². The van der Waals surface area contributed by atoms with Gasteiger partial charge in [-0.2, -0.15) is 0 Å². The van der Waals surface area contributed by atoms with Crippen LogP contribution in [0, 0.1) is 5.92 Å². The van der Waals surface area contributed by atoms with Crippen molar-refractivity contribution >= 4 is 23.1 Å². The lowest BCUT2D eigenvalue weighted by molar-refractivity contribution is -0.129. The Balaban J connectivity index is 1.43. The van der Waals surface area contributed by atoms with Crippen LogP contribution in [-0.4, -0.2) is 35.5 Å². The van der Waals surface area contributed by atoms with Gasteiger partial charge in [-0.15, -0.1) is 0 Å². The van der Waals surface area contributed by atoms with Crippen LogP contribution in [0.3, 0.4) is 0 Å². The number of carboxylic acids is 1. The Kier molecular flexibility index (Phi) is 6.74. The van der Waals surface area contributed by atoms with E-state index in [1.807, 2.05) is 60.7 Å². The zero-order valence-corrected chi connectivity index (χ0v) is 17.0. The van der Waals surface area contributed by atoms with Crippen molar-refractivity contribution in [1.82, 2.24) is 4.98 Å². The second-order valence-electron chi connectivity index (χ2n) is 7.40. The van der Waals surface area contributed by atoms with Gasteiger partial charge in [0.2, 0.25) is 0 Å². The highest BCUT2D eigenvalue weighted by molar-refractivity contribution is 6.21. The van der Waals surface area contributed by atoms with Crippen molar-refractivity contribution in [1.29, 1.82) is 0 Å². The number of fused-ring (bicyclic) bond motifs is 1. The van der Waals surface area contributed by atoms with E-state index in [9.17, 15) is 4.79 Å². The number of para-hydroxylation sites is 1. The van der Waals surface area contributed by atoms with E-state index in [0.29, 0.717) is 19.8 Å². The minimum Gasteiger partial charge on any atom is -0.487 e. The predicted molar refractivity (Wildman–Crippen MR) is 116 cm³/mol. The Morgan fingerprint density at radius 2 is 1.90 bits per heavy atom. The van der Waals surface area contributed by atoms with Crippen LogP contribution in [-0.2, 0) is 21.0 Å². The van der Waals surface area contributed by atoms with Crippen molar-refractivity contribution in [3.05, 3.63) is 71.9 Å². The average Bonchev–Trinajstić information content (AvgIpc) is 2.81. The number of hydrogen-bond acceptors (Lipinski definition) is 6. The predicted octanol–water partition coefficient (Wildman–Crippen LogP) is 4.37. The van der Waals surface area contributed by atoms with E-state index in [1.165, 1.54) is 0 Å². The number of aromatic nitrogens is 1. The molecule has 0 aliphatic carbocycles. The summed E-state index contributed by atoms with van der Waals surface area (Å²) in [5.74, 6) is -0.219. The molecule has 1 N–H and O–H groups in total. The first kappa shape index (κ1) is 20.8. The maximum absolute atomic E-state index is 10.7. The second-order valence-corrected chi connectivity index (χ2v) is 7.40. The van der Waals surface area contributed by atoms with Gasteiger partial charge in [-0.1, -0.05) is 41.6 Å². The standard InChI is InChI=1S/C24H24N2O5/c27-23(28)15-25-31-24(19-11-13-29-14-12-19)18-6-9-21(10-7-18)30-16-20-8-5-17-3-1-2-4-22(17)26-20/h1-10,15,19,24H,11-14,16H2,(H,27,28)/b25-15+. The minimum absolute atomic E-state index is 0.202. The molecule has 4 rings (SSSR count). The fourth-order valence-electron chi connectivity index (χ4n) is 3.68. The number of ether oxygens (including phenoxy) is 2. The molecule has 1 aliphatic rings. The Morgan fingerprint density at radius 1 is 1.13 bits per heavy atom. The van der Waals surface area contributed by atoms with Gasteiger partial charge in [-0.3, -0.25) is 0 Å². The number of nitrogens with zero attached hydrogens (tertiary/aromatic N) is 2. The molecule has 0 spiro atoms. The molecular formula is C24H24N2O5. The van der Waals surface area contributed by atoms with E-state index < -0.39 is 5.97 Å². The molecular weight excluding hydrogens is 396 g/mol. The Morgan fingerprint density at radius 3 is 2.68 bits per heavy atom. The van der Waals surface area contributed by atoms with Crippen molar-refractivity contribution in [2.24, 2.45) is 11.1 Å². The third-order valence-electron chi connectivity index (χ3n) is 5.28. The summed E-state index contributed by atoms with van der Waals surface area (Å²) >= 11 is 0. The largest absolute Gasteiger partial charge is 0.487 e. The third-order valence-corrected chi connectivity index (χ3v) is 5.28. The summed E-state index contributed by atoms with van der Waals surface area (Å²) in [6.07, 6.45) is 2.09. The smallest absolute Gasteiger partial charge is 0.350 e. The van der Waals surface area contributed by atoms with Crippen molar-refractivity contribution in [3.8, 4) is 5.75 Å². The van der Waals surface area contributed by atoms with Crippen LogP contribution in [0.2, 0.25) is 0 Å². The molecule has 1 saturated heterocycles. The van der Waals surface area contributed by atoms with Gasteiger partial charge in [0.1, 0.15) is 12.4 Å². The number of pyridine rings is 1. The van der Waals surface area contributed by atoms with Gasteiger partial charge in [0.05, 0.1) is 11.2 Å². The molecule has 7 heteroatoms. The highest BCUT2D eigenvalue weighted by Crippen LogP contribution is 2.34. The Hall–Kier alpha value is -3.45. The fraction of sp³-hybridized carbons (Fsp3) is 0.292. The van der Waals surface area contributed by atoms with Gasteiger partial charge < -0.3 is 19.4 Å². The van der Waals surface area contributed by atoms with E-state index in [0.717, 1.165) is 47.0 Å². The molecule has 3 aromatic rings. The van der Waals surface area contributed by atoms with E-state index in [4.69, 9.17) is 19.4 Å². The second kappa shape index (κ2) is 10.0. The summed E-state index contributed by atoms with van der Waals surface area (Å²) in [5.41, 5.74) is 2.72. The van der Waals surface area contributed by atoms with Crippen LogP contribution in [0.1, 0.15) is 30.2 Å². The SMILES string of the molecule is O=C(O)/C=N/OC(c1ccc(OCc2ccc3ccccc3n2)cc1)C1CCOCC1. The molecule has 1 fully saturated rings. The number of rotatable bonds is 8. The van der Waals surface area contributed by atoms with Gasteiger partial charge in [0.15, 0.2) is 12.3 Å². The van der Waals surface area contributed by atoms with Gasteiger partial charge in [-0.25, -0.2) is 9.78 Å². The first-order valence-electron chi connectivity index (χ1n) is 10.3. The summed E-state index contributed by atoms with van der Waals surface area (Å²) in [7, 11) is 0. The van der Waals surface area contributed by atoms with Crippen molar-refractivity contribution in [2.45, 2.75) is 25.6 Å². The third kappa shape index (κ3) is 5.58. The van der Waals surface area contributed by atoms with Gasteiger partial charge in [-0.05, 0) is 42.7 Å². The molecule has 1 unspecified atom stereocenters. The maximum atomic E-state index is 10.7. The fourth-order valence-corrected chi connectivity index (χ4v) is 3.68. The molecule has 2 aromatic carbocycles. The number of hydrogen-bond donors (Lipinski definition) is 1. The summed E-state index contributed by atoms with van der Waals surface area (Å²) in [4.78, 5) is 20.9. The van der Waals surface area contributed by atoms with Crippen LogP contribution < -0.4 is 4.74 Å². The Bertz CT molecular complexity index is 1050. The van der Waals surface area contributed by atoms with Gasteiger partial charge in [0.25, 0.3) is 0 Å². The molecule has 160 valence electrons. The molecule has 0 bridgehead atoms. The average molecular weight is 420 g/mol. The lowest BCUT2D eigenvalue weighted by Gasteiger charge is -2.28. The maximum Gasteiger partial charge on any atom is 0.350 e. The summed E-state index contributed by atoms with van der Waals surface area (Å²) in [6, 6.07) is 19.6. The molecule has 1 atom stereocenters. The van der Waals surface area contributed by atoms with E-state index in [2.05, 4.69) is 10.1 Å². The van der Waals surface area contributed by atoms with Crippen molar-refractivity contribution < 1.29 is 24.2 Å². The summed E-state index contributed by atoms with van der Waals surface area (Å²) < 4.78 is 11.3. The topological polar surface area (TPSA) is 90.2 Å². The molecule has 1 aliphatic heterocycles. The molecule has 0 saturated carbocycles.